The number of aromatic nitrogens is 1. The van der Waals surface area contributed by atoms with Gasteiger partial charge in [-0.25, -0.2) is 0 Å². The maximum Gasteiger partial charge on any atom is 0.311 e. The van der Waals surface area contributed by atoms with Crippen LogP contribution in [0.15, 0.2) is 42.5 Å². The number of fused-ring (bicyclic) bond motifs is 3. The largest absolute Gasteiger partial charge is 0.496 e. The molecule has 0 spiro atoms. The van der Waals surface area contributed by atoms with Gasteiger partial charge in [0.1, 0.15) is 5.75 Å². The van der Waals surface area contributed by atoms with E-state index in [0.29, 0.717) is 25.1 Å². The Morgan fingerprint density at radius 1 is 1.23 bits per heavy atom. The van der Waals surface area contributed by atoms with E-state index >= 15 is 0 Å². The van der Waals surface area contributed by atoms with E-state index in [-0.39, 0.29) is 12.3 Å². The molecule has 3 N–H and O–H groups in total. The number of rotatable bonds is 7. The molecule has 3 aromatic rings. The van der Waals surface area contributed by atoms with Gasteiger partial charge in [0, 0.05) is 29.6 Å². The first-order chi connectivity index (χ1) is 14.5. The highest BCUT2D eigenvalue weighted by molar-refractivity contribution is 5.93. The number of carboxylic acid groups (broad SMARTS) is 1. The number of carbonyl (C=O) groups excluding carboxylic acids is 1. The molecule has 1 aromatic heterocycles. The van der Waals surface area contributed by atoms with Crippen molar-refractivity contribution in [1.29, 1.82) is 0 Å². The molecular weight excluding hydrogens is 380 g/mol. The molecule has 0 radical (unpaired) electrons. The summed E-state index contributed by atoms with van der Waals surface area (Å²) in [5, 5.41) is 10.8. The van der Waals surface area contributed by atoms with Gasteiger partial charge in [-0.15, -0.1) is 0 Å². The molecule has 0 fully saturated rings. The molecule has 4 rings (SSSR count). The van der Waals surface area contributed by atoms with Crippen molar-refractivity contribution in [3.05, 3.63) is 64.8 Å². The van der Waals surface area contributed by atoms with Gasteiger partial charge in [-0.3, -0.25) is 9.59 Å². The van der Waals surface area contributed by atoms with Crippen LogP contribution in [0.25, 0.3) is 10.9 Å². The van der Waals surface area contributed by atoms with Crippen molar-refractivity contribution in [3.8, 4) is 5.75 Å². The van der Waals surface area contributed by atoms with Crippen LogP contribution >= 0.6 is 0 Å². The highest BCUT2D eigenvalue weighted by Crippen LogP contribution is 2.42. The quantitative estimate of drug-likeness (QED) is 0.627. The molecule has 1 atom stereocenters. The molecule has 6 heteroatoms. The zero-order valence-electron chi connectivity index (χ0n) is 17.1. The van der Waals surface area contributed by atoms with Gasteiger partial charge in [0.05, 0.1) is 13.0 Å². The molecule has 0 saturated heterocycles. The Morgan fingerprint density at radius 2 is 2.00 bits per heavy atom. The maximum atomic E-state index is 12.0. The van der Waals surface area contributed by atoms with Crippen molar-refractivity contribution in [1.82, 2.24) is 4.57 Å². The van der Waals surface area contributed by atoms with Gasteiger partial charge in [-0.1, -0.05) is 30.3 Å². The fourth-order valence-electron chi connectivity index (χ4n) is 4.61. The van der Waals surface area contributed by atoms with Crippen molar-refractivity contribution in [2.45, 2.75) is 44.6 Å². The number of amides is 1. The Hall–Kier alpha value is -3.28. The van der Waals surface area contributed by atoms with E-state index in [9.17, 15) is 14.7 Å². The lowest BCUT2D eigenvalue weighted by Gasteiger charge is -2.21. The van der Waals surface area contributed by atoms with Crippen LogP contribution in [0.2, 0.25) is 0 Å². The van der Waals surface area contributed by atoms with Crippen LogP contribution in [0.4, 0.5) is 0 Å². The molecule has 1 aliphatic rings. The van der Waals surface area contributed by atoms with Crippen LogP contribution in [-0.4, -0.2) is 28.7 Å². The standard InChI is InChI=1S/C24H26N2O4/c1-30-21-13-18-20(12-16(21)10-11-22(25)27)26(14-15-6-3-2-4-7-15)19-9-5-8-17(23(18)19)24(28)29/h2-4,6-7,12-13,17H,5,8-11,14H2,1H3,(H2,25,27)(H,28,29). The first-order valence-corrected chi connectivity index (χ1v) is 10.3. The summed E-state index contributed by atoms with van der Waals surface area (Å²) >= 11 is 0. The summed E-state index contributed by atoms with van der Waals surface area (Å²) in [5.74, 6) is -0.999. The summed E-state index contributed by atoms with van der Waals surface area (Å²) in [6.07, 6.45) is 3.05. The van der Waals surface area contributed by atoms with Crippen LogP contribution in [0.3, 0.4) is 0 Å². The summed E-state index contributed by atoms with van der Waals surface area (Å²) in [6, 6.07) is 14.1. The number of carbonyl (C=O) groups is 2. The zero-order valence-corrected chi connectivity index (χ0v) is 17.1. The van der Waals surface area contributed by atoms with E-state index in [1.54, 1.807) is 7.11 Å². The molecule has 6 nitrogen and oxygen atoms in total. The van der Waals surface area contributed by atoms with Gasteiger partial charge >= 0.3 is 5.97 Å². The van der Waals surface area contributed by atoms with E-state index in [1.165, 1.54) is 0 Å². The van der Waals surface area contributed by atoms with Crippen LogP contribution in [0, 0.1) is 0 Å². The first-order valence-electron chi connectivity index (χ1n) is 10.3. The number of benzene rings is 2. The van der Waals surface area contributed by atoms with Gasteiger partial charge in [0.25, 0.3) is 0 Å². The topological polar surface area (TPSA) is 94.5 Å². The summed E-state index contributed by atoms with van der Waals surface area (Å²) in [5.41, 5.74) is 10.4. The molecule has 2 aromatic carbocycles. The smallest absolute Gasteiger partial charge is 0.311 e. The molecule has 0 saturated carbocycles. The van der Waals surface area contributed by atoms with Crippen molar-refractivity contribution < 1.29 is 19.4 Å². The fourth-order valence-corrected chi connectivity index (χ4v) is 4.61. The van der Waals surface area contributed by atoms with Crippen molar-refractivity contribution in [3.63, 3.8) is 0 Å². The lowest BCUT2D eigenvalue weighted by Crippen LogP contribution is -2.19. The average Bonchev–Trinajstić information content (AvgIpc) is 3.04. The minimum atomic E-state index is -0.786. The molecule has 1 aliphatic carbocycles. The van der Waals surface area contributed by atoms with Gasteiger partial charge in [0.2, 0.25) is 5.91 Å². The monoisotopic (exact) mass is 406 g/mol. The summed E-state index contributed by atoms with van der Waals surface area (Å²) < 4.78 is 7.83. The van der Waals surface area contributed by atoms with E-state index in [2.05, 4.69) is 16.7 Å². The molecule has 30 heavy (non-hydrogen) atoms. The van der Waals surface area contributed by atoms with E-state index in [1.807, 2.05) is 30.3 Å². The Kier molecular flexibility index (Phi) is 5.48. The second-order valence-electron chi connectivity index (χ2n) is 7.86. The predicted molar refractivity (Wildman–Crippen MR) is 115 cm³/mol. The summed E-state index contributed by atoms with van der Waals surface area (Å²) in [6.45, 7) is 0.667. The number of ether oxygens (including phenoxy) is 1. The van der Waals surface area contributed by atoms with Crippen LogP contribution < -0.4 is 10.5 Å². The number of primary amides is 1. The van der Waals surface area contributed by atoms with Crippen molar-refractivity contribution in [2.75, 3.05) is 7.11 Å². The zero-order chi connectivity index (χ0) is 21.3. The van der Waals surface area contributed by atoms with Gasteiger partial charge in [-0.05, 0) is 54.5 Å². The number of hydrogen-bond acceptors (Lipinski definition) is 3. The highest BCUT2D eigenvalue weighted by atomic mass is 16.5. The number of nitrogens with two attached hydrogens (primary N) is 1. The SMILES string of the molecule is COc1cc2c3c(n(Cc4ccccc4)c2cc1CCC(N)=O)CCCC3C(=O)O. The van der Waals surface area contributed by atoms with Crippen LogP contribution in [0.5, 0.6) is 5.75 Å². The maximum absolute atomic E-state index is 12.0. The number of carboxylic acids is 1. The van der Waals surface area contributed by atoms with Crippen molar-refractivity contribution >= 4 is 22.8 Å². The third kappa shape index (κ3) is 3.65. The Balaban J connectivity index is 1.94. The lowest BCUT2D eigenvalue weighted by molar-refractivity contribution is -0.139. The first kappa shape index (κ1) is 20.0. The minimum Gasteiger partial charge on any atom is -0.496 e. The molecule has 156 valence electrons. The lowest BCUT2D eigenvalue weighted by atomic mass is 9.85. The third-order valence-electron chi connectivity index (χ3n) is 5.99. The molecule has 1 heterocycles. The van der Waals surface area contributed by atoms with Gasteiger partial charge in [-0.2, -0.15) is 0 Å². The molecule has 1 amide bonds. The van der Waals surface area contributed by atoms with E-state index in [4.69, 9.17) is 10.5 Å². The van der Waals surface area contributed by atoms with Crippen molar-refractivity contribution in [2.24, 2.45) is 5.73 Å². The number of methoxy groups -OCH3 is 1. The van der Waals surface area contributed by atoms with Gasteiger partial charge < -0.3 is 20.1 Å². The average molecular weight is 406 g/mol. The number of aliphatic carboxylic acids is 1. The molecule has 1 unspecified atom stereocenters. The van der Waals surface area contributed by atoms with E-state index in [0.717, 1.165) is 46.1 Å². The van der Waals surface area contributed by atoms with Crippen LogP contribution in [-0.2, 0) is 29.0 Å². The number of hydrogen-bond donors (Lipinski definition) is 2. The Labute approximate surface area is 175 Å². The second-order valence-corrected chi connectivity index (χ2v) is 7.86. The number of nitrogens with zero attached hydrogens (tertiary/aromatic N) is 1. The Morgan fingerprint density at radius 3 is 2.67 bits per heavy atom. The highest BCUT2D eigenvalue weighted by Gasteiger charge is 2.32. The molecule has 0 bridgehead atoms. The second kappa shape index (κ2) is 8.22. The minimum absolute atomic E-state index is 0.235. The van der Waals surface area contributed by atoms with Gasteiger partial charge in [0.15, 0.2) is 0 Å². The predicted octanol–water partition coefficient (Wildman–Crippen LogP) is 3.62. The molecular formula is C24H26N2O4. The molecule has 0 aliphatic heterocycles. The number of aryl methyl sites for hydroxylation is 1. The summed E-state index contributed by atoms with van der Waals surface area (Å²) in [7, 11) is 1.59. The van der Waals surface area contributed by atoms with Crippen LogP contribution in [0.1, 0.15) is 47.6 Å². The normalized spacial score (nSPS) is 15.7. The summed E-state index contributed by atoms with van der Waals surface area (Å²) in [4.78, 5) is 23.4. The Bertz CT molecular complexity index is 1100. The third-order valence-corrected chi connectivity index (χ3v) is 5.99. The fraction of sp³-hybridized carbons (Fsp3) is 0.333. The van der Waals surface area contributed by atoms with E-state index < -0.39 is 11.9 Å².